The highest BCUT2D eigenvalue weighted by molar-refractivity contribution is 5.96. The van der Waals surface area contributed by atoms with E-state index in [9.17, 15) is 20.0 Å². The molecule has 1 aromatic rings. The summed E-state index contributed by atoms with van der Waals surface area (Å²) in [6.07, 6.45) is 1.24. The molecule has 18 heavy (non-hydrogen) atoms. The number of carbonyl (C=O) groups excluding carboxylic acids is 1. The summed E-state index contributed by atoms with van der Waals surface area (Å²) in [6, 6.07) is 2.79. The van der Waals surface area contributed by atoms with Gasteiger partial charge in [-0.1, -0.05) is 13.3 Å². The minimum Gasteiger partial charge on any atom is -0.508 e. The van der Waals surface area contributed by atoms with E-state index in [4.69, 9.17) is 5.73 Å². The van der Waals surface area contributed by atoms with E-state index in [1.54, 1.807) is 0 Å². The molecule has 0 aliphatic heterocycles. The van der Waals surface area contributed by atoms with Crippen LogP contribution in [0.2, 0.25) is 0 Å². The molecule has 0 aliphatic rings. The van der Waals surface area contributed by atoms with Crippen molar-refractivity contribution in [2.24, 2.45) is 5.73 Å². The van der Waals surface area contributed by atoms with Crippen molar-refractivity contribution in [3.8, 4) is 5.75 Å². The number of phenols is 1. The number of rotatable bonds is 5. The Kier molecular flexibility index (Phi) is 4.61. The molecule has 4 N–H and O–H groups in total. The summed E-state index contributed by atoms with van der Waals surface area (Å²) < 4.78 is 0. The molecule has 0 heterocycles. The smallest absolute Gasteiger partial charge is 0.296 e. The van der Waals surface area contributed by atoms with Gasteiger partial charge in [-0.15, -0.1) is 0 Å². The van der Waals surface area contributed by atoms with Crippen LogP contribution in [0, 0.1) is 10.1 Å². The zero-order chi connectivity index (χ0) is 13.7. The van der Waals surface area contributed by atoms with Crippen LogP contribution < -0.4 is 11.1 Å². The maximum absolute atomic E-state index is 11.6. The Labute approximate surface area is 104 Å². The van der Waals surface area contributed by atoms with Gasteiger partial charge in [0.2, 0.25) is 5.91 Å². The maximum atomic E-state index is 11.6. The van der Waals surface area contributed by atoms with Crippen LogP contribution in [0.1, 0.15) is 19.8 Å². The van der Waals surface area contributed by atoms with E-state index in [1.165, 1.54) is 12.1 Å². The molecule has 98 valence electrons. The predicted molar refractivity (Wildman–Crippen MR) is 66.3 cm³/mol. The standard InChI is InChI=1S/C11H15N3O4/c1-2-3-8(12)11(16)13-9-5-4-7(15)6-10(9)14(17)18/h4-6,8,15H,2-3,12H2,1H3,(H,13,16)/t8-/m0/s1. The molecule has 7 nitrogen and oxygen atoms in total. The van der Waals surface area contributed by atoms with Crippen molar-refractivity contribution in [3.63, 3.8) is 0 Å². The Bertz CT molecular complexity index is 462. The van der Waals surface area contributed by atoms with Crippen LogP contribution in [0.25, 0.3) is 0 Å². The third kappa shape index (κ3) is 3.42. The van der Waals surface area contributed by atoms with Gasteiger partial charge < -0.3 is 16.2 Å². The zero-order valence-electron chi connectivity index (χ0n) is 9.92. The molecule has 0 aliphatic carbocycles. The average Bonchev–Trinajstić information content (AvgIpc) is 2.31. The number of nitro benzene ring substituents is 1. The highest BCUT2D eigenvalue weighted by Crippen LogP contribution is 2.28. The molecule has 0 aromatic heterocycles. The van der Waals surface area contributed by atoms with Gasteiger partial charge in [-0.2, -0.15) is 0 Å². The first-order valence-electron chi connectivity index (χ1n) is 5.49. The van der Waals surface area contributed by atoms with Crippen LogP contribution in [0.15, 0.2) is 18.2 Å². The van der Waals surface area contributed by atoms with Crippen molar-refractivity contribution in [2.45, 2.75) is 25.8 Å². The number of hydrogen-bond donors (Lipinski definition) is 3. The minimum atomic E-state index is -0.705. The number of benzene rings is 1. The summed E-state index contributed by atoms with van der Waals surface area (Å²) in [6.45, 7) is 1.89. The molecule has 1 aromatic carbocycles. The monoisotopic (exact) mass is 253 g/mol. The lowest BCUT2D eigenvalue weighted by Gasteiger charge is -2.11. The second-order valence-electron chi connectivity index (χ2n) is 3.84. The number of nitrogens with two attached hydrogens (primary N) is 1. The molecule has 1 amide bonds. The van der Waals surface area contributed by atoms with Gasteiger partial charge in [0.15, 0.2) is 0 Å². The van der Waals surface area contributed by atoms with E-state index in [1.807, 2.05) is 6.92 Å². The summed E-state index contributed by atoms with van der Waals surface area (Å²) in [7, 11) is 0. The van der Waals surface area contributed by atoms with E-state index in [2.05, 4.69) is 5.32 Å². The van der Waals surface area contributed by atoms with Crippen molar-refractivity contribution in [1.29, 1.82) is 0 Å². The van der Waals surface area contributed by atoms with Gasteiger partial charge in [-0.3, -0.25) is 14.9 Å². The van der Waals surface area contributed by atoms with Gasteiger partial charge in [0.05, 0.1) is 17.0 Å². The third-order valence-electron chi connectivity index (χ3n) is 2.37. The average molecular weight is 253 g/mol. The fourth-order valence-corrected chi connectivity index (χ4v) is 1.44. The van der Waals surface area contributed by atoms with Crippen LogP contribution in [0.4, 0.5) is 11.4 Å². The predicted octanol–water partition coefficient (Wildman–Crippen LogP) is 1.37. The Morgan fingerprint density at radius 2 is 2.28 bits per heavy atom. The lowest BCUT2D eigenvalue weighted by atomic mass is 10.1. The van der Waals surface area contributed by atoms with Crippen LogP contribution >= 0.6 is 0 Å². The summed E-state index contributed by atoms with van der Waals surface area (Å²) >= 11 is 0. The fraction of sp³-hybridized carbons (Fsp3) is 0.364. The number of anilines is 1. The number of phenolic OH excluding ortho intramolecular Hbond substituents is 1. The molecule has 0 bridgehead atoms. The van der Waals surface area contributed by atoms with Crippen molar-refractivity contribution >= 4 is 17.3 Å². The molecule has 1 rings (SSSR count). The van der Waals surface area contributed by atoms with E-state index < -0.39 is 16.9 Å². The van der Waals surface area contributed by atoms with Crippen LogP contribution in [0.5, 0.6) is 5.75 Å². The van der Waals surface area contributed by atoms with Crippen molar-refractivity contribution in [2.75, 3.05) is 5.32 Å². The van der Waals surface area contributed by atoms with Gasteiger partial charge in [0.25, 0.3) is 5.69 Å². The Morgan fingerprint density at radius 1 is 1.61 bits per heavy atom. The van der Waals surface area contributed by atoms with Gasteiger partial charge >= 0.3 is 0 Å². The molecule has 1 atom stereocenters. The summed E-state index contributed by atoms with van der Waals surface area (Å²) in [4.78, 5) is 21.7. The minimum absolute atomic E-state index is 0.0225. The SMILES string of the molecule is CCC[C@H](N)C(=O)Nc1ccc(O)cc1[N+](=O)[O-]. The summed E-state index contributed by atoms with van der Waals surface area (Å²) in [5, 5.41) is 22.3. The third-order valence-corrected chi connectivity index (χ3v) is 2.37. The van der Waals surface area contributed by atoms with Gasteiger partial charge in [0.1, 0.15) is 11.4 Å². The second kappa shape index (κ2) is 5.97. The van der Waals surface area contributed by atoms with Crippen molar-refractivity contribution < 1.29 is 14.8 Å². The molecule has 0 saturated carbocycles. The van der Waals surface area contributed by atoms with E-state index in [0.29, 0.717) is 6.42 Å². The van der Waals surface area contributed by atoms with Crippen molar-refractivity contribution in [3.05, 3.63) is 28.3 Å². The number of hydrogen-bond acceptors (Lipinski definition) is 5. The quantitative estimate of drug-likeness (QED) is 0.416. The zero-order valence-corrected chi connectivity index (χ0v) is 9.92. The van der Waals surface area contributed by atoms with E-state index in [0.717, 1.165) is 12.5 Å². The highest BCUT2D eigenvalue weighted by Gasteiger charge is 2.19. The first kappa shape index (κ1) is 13.9. The highest BCUT2D eigenvalue weighted by atomic mass is 16.6. The van der Waals surface area contributed by atoms with E-state index in [-0.39, 0.29) is 17.1 Å². The lowest BCUT2D eigenvalue weighted by Crippen LogP contribution is -2.35. The van der Waals surface area contributed by atoms with Crippen molar-refractivity contribution in [1.82, 2.24) is 0 Å². The van der Waals surface area contributed by atoms with Crippen LogP contribution in [-0.2, 0) is 4.79 Å². The number of aromatic hydroxyl groups is 1. The van der Waals surface area contributed by atoms with Gasteiger partial charge in [-0.25, -0.2) is 0 Å². The molecule has 0 saturated heterocycles. The molecule has 0 fully saturated rings. The molecule has 7 heteroatoms. The van der Waals surface area contributed by atoms with E-state index >= 15 is 0 Å². The molecular weight excluding hydrogens is 238 g/mol. The summed E-state index contributed by atoms with van der Waals surface area (Å²) in [5.41, 5.74) is 5.25. The molecule has 0 spiro atoms. The van der Waals surface area contributed by atoms with Gasteiger partial charge in [-0.05, 0) is 18.6 Å². The summed E-state index contributed by atoms with van der Waals surface area (Å²) in [5.74, 6) is -0.719. The Morgan fingerprint density at radius 3 is 2.83 bits per heavy atom. The number of amides is 1. The second-order valence-corrected chi connectivity index (χ2v) is 3.84. The Balaban J connectivity index is 2.90. The number of nitrogens with one attached hydrogen (secondary N) is 1. The number of nitrogens with zero attached hydrogens (tertiary/aromatic N) is 1. The fourth-order valence-electron chi connectivity index (χ4n) is 1.44. The number of nitro groups is 1. The Hall–Kier alpha value is -2.15. The molecule has 0 radical (unpaired) electrons. The maximum Gasteiger partial charge on any atom is 0.296 e. The van der Waals surface area contributed by atoms with Crippen LogP contribution in [0.3, 0.4) is 0 Å². The molecule has 0 unspecified atom stereocenters. The van der Waals surface area contributed by atoms with Gasteiger partial charge in [0, 0.05) is 0 Å². The normalized spacial score (nSPS) is 11.9. The van der Waals surface area contributed by atoms with Crippen LogP contribution in [-0.4, -0.2) is 22.0 Å². The number of carbonyl (C=O) groups is 1. The topological polar surface area (TPSA) is 118 Å². The molecular formula is C11H15N3O4. The first-order chi connectivity index (χ1) is 8.45. The largest absolute Gasteiger partial charge is 0.508 e. The lowest BCUT2D eigenvalue weighted by molar-refractivity contribution is -0.384. The first-order valence-corrected chi connectivity index (χ1v) is 5.49.